The number of H-pyrrole nitrogens is 1. The van der Waals surface area contributed by atoms with Crippen molar-refractivity contribution in [1.29, 1.82) is 0 Å². The molecule has 1 aliphatic heterocycles. The van der Waals surface area contributed by atoms with E-state index in [1.54, 1.807) is 0 Å². The van der Waals surface area contributed by atoms with Gasteiger partial charge in [0, 0.05) is 25.2 Å². The van der Waals surface area contributed by atoms with E-state index in [0.29, 0.717) is 31.0 Å². The van der Waals surface area contributed by atoms with Gasteiger partial charge < -0.3 is 10.6 Å². The van der Waals surface area contributed by atoms with Gasteiger partial charge in [0.05, 0.1) is 11.3 Å². The number of rotatable bonds is 3. The minimum Gasteiger partial charge on any atom is -0.370 e. The first-order valence-electron chi connectivity index (χ1n) is 6.58. The number of amides is 2. The summed E-state index contributed by atoms with van der Waals surface area (Å²) in [6, 6.07) is 0. The zero-order valence-electron chi connectivity index (χ0n) is 11.4. The summed E-state index contributed by atoms with van der Waals surface area (Å²) in [7, 11) is 0. The summed E-state index contributed by atoms with van der Waals surface area (Å²) < 4.78 is 0. The molecule has 0 aromatic carbocycles. The summed E-state index contributed by atoms with van der Waals surface area (Å²) in [6.45, 7) is 5.05. The third kappa shape index (κ3) is 2.94. The molecular weight excluding hydrogens is 244 g/mol. The van der Waals surface area contributed by atoms with E-state index in [9.17, 15) is 9.59 Å². The molecule has 19 heavy (non-hydrogen) atoms. The molecule has 1 saturated heterocycles. The molecule has 2 heterocycles. The molecule has 1 aromatic rings. The van der Waals surface area contributed by atoms with Gasteiger partial charge in [0.2, 0.25) is 5.91 Å². The van der Waals surface area contributed by atoms with Crippen LogP contribution in [0, 0.1) is 19.8 Å². The molecule has 0 bridgehead atoms. The van der Waals surface area contributed by atoms with E-state index in [1.165, 1.54) is 0 Å². The van der Waals surface area contributed by atoms with Gasteiger partial charge in [0.25, 0.3) is 5.91 Å². The molecule has 1 aliphatic rings. The van der Waals surface area contributed by atoms with Crippen LogP contribution < -0.4 is 5.73 Å². The zero-order chi connectivity index (χ0) is 14.0. The molecule has 0 unspecified atom stereocenters. The van der Waals surface area contributed by atoms with Crippen molar-refractivity contribution in [2.45, 2.75) is 33.1 Å². The molecule has 6 heteroatoms. The van der Waals surface area contributed by atoms with Crippen molar-refractivity contribution in [3.05, 3.63) is 17.0 Å². The van der Waals surface area contributed by atoms with Crippen molar-refractivity contribution in [2.24, 2.45) is 11.7 Å². The summed E-state index contributed by atoms with van der Waals surface area (Å²) in [5, 5.41) is 6.89. The molecule has 0 spiro atoms. The van der Waals surface area contributed by atoms with Crippen molar-refractivity contribution in [3.8, 4) is 0 Å². The van der Waals surface area contributed by atoms with E-state index in [2.05, 4.69) is 10.2 Å². The molecule has 1 fully saturated rings. The highest BCUT2D eigenvalue weighted by atomic mass is 16.2. The Hall–Kier alpha value is -1.85. The number of primary amides is 1. The van der Waals surface area contributed by atoms with Gasteiger partial charge in [-0.25, -0.2) is 0 Å². The third-order valence-electron chi connectivity index (χ3n) is 3.73. The molecule has 2 rings (SSSR count). The Labute approximate surface area is 112 Å². The predicted octanol–water partition coefficient (Wildman–Crippen LogP) is 0.754. The van der Waals surface area contributed by atoms with Crippen LogP contribution in [0.25, 0.3) is 0 Å². The fourth-order valence-electron chi connectivity index (χ4n) is 2.65. The SMILES string of the molecule is Cc1n[nH]c(C)c1C(=O)N1CCC(CC(N)=O)CC1. The number of nitrogens with zero attached hydrogens (tertiary/aromatic N) is 2. The van der Waals surface area contributed by atoms with Gasteiger partial charge in [0.15, 0.2) is 0 Å². The van der Waals surface area contributed by atoms with Crippen LogP contribution >= 0.6 is 0 Å². The number of aryl methyl sites for hydroxylation is 2. The lowest BCUT2D eigenvalue weighted by Gasteiger charge is -2.31. The monoisotopic (exact) mass is 264 g/mol. The average molecular weight is 264 g/mol. The summed E-state index contributed by atoms with van der Waals surface area (Å²) in [6.07, 6.45) is 2.10. The summed E-state index contributed by atoms with van der Waals surface area (Å²) in [5.41, 5.74) is 7.42. The number of carbonyl (C=O) groups is 2. The van der Waals surface area contributed by atoms with Gasteiger partial charge in [-0.15, -0.1) is 0 Å². The topological polar surface area (TPSA) is 92.1 Å². The van der Waals surface area contributed by atoms with Gasteiger partial charge >= 0.3 is 0 Å². The summed E-state index contributed by atoms with van der Waals surface area (Å²) in [5.74, 6) is 0.0840. The Bertz CT molecular complexity index is 467. The first-order chi connectivity index (χ1) is 8.99. The minimum atomic E-state index is -0.258. The number of hydrogen-bond acceptors (Lipinski definition) is 3. The average Bonchev–Trinajstić information content (AvgIpc) is 2.68. The number of carbonyl (C=O) groups excluding carboxylic acids is 2. The van der Waals surface area contributed by atoms with Crippen molar-refractivity contribution >= 4 is 11.8 Å². The maximum absolute atomic E-state index is 12.4. The molecule has 0 radical (unpaired) electrons. The second-order valence-electron chi connectivity index (χ2n) is 5.22. The number of aromatic amines is 1. The minimum absolute atomic E-state index is 0.0290. The molecular formula is C13H20N4O2. The second kappa shape index (κ2) is 5.42. The van der Waals surface area contributed by atoms with E-state index < -0.39 is 0 Å². The van der Waals surface area contributed by atoms with Crippen molar-refractivity contribution in [2.75, 3.05) is 13.1 Å². The van der Waals surface area contributed by atoms with Crippen molar-refractivity contribution < 1.29 is 9.59 Å². The highest BCUT2D eigenvalue weighted by molar-refractivity contribution is 5.96. The fourth-order valence-corrected chi connectivity index (χ4v) is 2.65. The number of aromatic nitrogens is 2. The number of nitrogens with two attached hydrogens (primary N) is 1. The maximum atomic E-state index is 12.4. The van der Waals surface area contributed by atoms with E-state index >= 15 is 0 Å². The first kappa shape index (κ1) is 13.6. The van der Waals surface area contributed by atoms with E-state index in [0.717, 1.165) is 24.2 Å². The molecule has 6 nitrogen and oxygen atoms in total. The zero-order valence-corrected chi connectivity index (χ0v) is 11.4. The Morgan fingerprint density at radius 1 is 1.37 bits per heavy atom. The molecule has 1 aromatic heterocycles. The van der Waals surface area contributed by atoms with Gasteiger partial charge in [0.1, 0.15) is 0 Å². The van der Waals surface area contributed by atoms with Crippen LogP contribution in [0.5, 0.6) is 0 Å². The predicted molar refractivity (Wildman–Crippen MR) is 70.5 cm³/mol. The van der Waals surface area contributed by atoms with Gasteiger partial charge in [-0.05, 0) is 32.6 Å². The van der Waals surface area contributed by atoms with Crippen molar-refractivity contribution in [3.63, 3.8) is 0 Å². The van der Waals surface area contributed by atoms with Gasteiger partial charge in [-0.1, -0.05) is 0 Å². The molecule has 3 N–H and O–H groups in total. The van der Waals surface area contributed by atoms with Crippen LogP contribution in [0.1, 0.15) is 41.0 Å². The number of nitrogens with one attached hydrogen (secondary N) is 1. The normalized spacial score (nSPS) is 16.6. The largest absolute Gasteiger partial charge is 0.370 e. The van der Waals surface area contributed by atoms with Crippen LogP contribution in [0.15, 0.2) is 0 Å². The molecule has 0 atom stereocenters. The second-order valence-corrected chi connectivity index (χ2v) is 5.22. The summed E-state index contributed by atoms with van der Waals surface area (Å²) in [4.78, 5) is 25.1. The lowest BCUT2D eigenvalue weighted by atomic mass is 9.93. The van der Waals surface area contributed by atoms with Crippen LogP contribution in [0.2, 0.25) is 0 Å². The standard InChI is InChI=1S/C13H20N4O2/c1-8-12(9(2)16-15-8)13(19)17-5-3-10(4-6-17)7-11(14)18/h10H,3-7H2,1-2H3,(H2,14,18)(H,15,16). The van der Waals surface area contributed by atoms with E-state index in [1.807, 2.05) is 18.7 Å². The Morgan fingerprint density at radius 2 is 2.00 bits per heavy atom. The molecule has 0 saturated carbocycles. The molecule has 2 amide bonds. The van der Waals surface area contributed by atoms with E-state index in [-0.39, 0.29) is 11.8 Å². The van der Waals surface area contributed by atoms with Crippen molar-refractivity contribution in [1.82, 2.24) is 15.1 Å². The van der Waals surface area contributed by atoms with E-state index in [4.69, 9.17) is 5.73 Å². The number of likely N-dealkylation sites (tertiary alicyclic amines) is 1. The van der Waals surface area contributed by atoms with Crippen LogP contribution in [0.3, 0.4) is 0 Å². The number of piperidine rings is 1. The van der Waals surface area contributed by atoms with Crippen LogP contribution in [-0.2, 0) is 4.79 Å². The quantitative estimate of drug-likeness (QED) is 0.844. The Balaban J connectivity index is 1.98. The summed E-state index contributed by atoms with van der Waals surface area (Å²) >= 11 is 0. The van der Waals surface area contributed by atoms with Gasteiger partial charge in [-0.3, -0.25) is 14.7 Å². The highest BCUT2D eigenvalue weighted by Crippen LogP contribution is 2.22. The lowest BCUT2D eigenvalue weighted by molar-refractivity contribution is -0.119. The fraction of sp³-hybridized carbons (Fsp3) is 0.615. The highest BCUT2D eigenvalue weighted by Gasteiger charge is 2.27. The Morgan fingerprint density at radius 3 is 2.47 bits per heavy atom. The van der Waals surface area contributed by atoms with Gasteiger partial charge in [-0.2, -0.15) is 5.10 Å². The third-order valence-corrected chi connectivity index (χ3v) is 3.73. The van der Waals surface area contributed by atoms with Crippen LogP contribution in [0.4, 0.5) is 0 Å². The molecule has 104 valence electrons. The van der Waals surface area contributed by atoms with Crippen LogP contribution in [-0.4, -0.2) is 40.0 Å². The Kier molecular flexibility index (Phi) is 3.87. The first-order valence-corrected chi connectivity index (χ1v) is 6.58. The number of hydrogen-bond donors (Lipinski definition) is 2. The maximum Gasteiger partial charge on any atom is 0.257 e. The smallest absolute Gasteiger partial charge is 0.257 e. The molecule has 0 aliphatic carbocycles. The lowest BCUT2D eigenvalue weighted by Crippen LogP contribution is -2.39.